The van der Waals surface area contributed by atoms with Gasteiger partial charge < -0.3 is 0 Å². The van der Waals surface area contributed by atoms with E-state index in [1.807, 2.05) is 12.1 Å². The Morgan fingerprint density at radius 3 is 2.33 bits per heavy atom. The molecule has 2 aromatic rings. The second kappa shape index (κ2) is 4.31. The molecule has 0 amide bonds. The highest BCUT2D eigenvalue weighted by molar-refractivity contribution is 14.1. The molecule has 0 bridgehead atoms. The van der Waals surface area contributed by atoms with Crippen LogP contribution < -0.4 is 0 Å². The van der Waals surface area contributed by atoms with E-state index in [0.29, 0.717) is 0 Å². The van der Waals surface area contributed by atoms with Gasteiger partial charge in [0.1, 0.15) is 5.82 Å². The van der Waals surface area contributed by atoms with Crippen molar-refractivity contribution in [1.82, 2.24) is 0 Å². The molecule has 0 spiro atoms. The smallest absolute Gasteiger partial charge is 0.123 e. The Hall–Kier alpha value is -0.900. The Kier molecular flexibility index (Phi) is 3.05. The zero-order chi connectivity index (χ0) is 10.8. The van der Waals surface area contributed by atoms with Crippen molar-refractivity contribution in [3.05, 3.63) is 57.4 Å². The fraction of sp³-hybridized carbons (Fsp3) is 0.0769. The molecule has 0 nitrogen and oxygen atoms in total. The van der Waals surface area contributed by atoms with Crippen molar-refractivity contribution in [3.63, 3.8) is 0 Å². The fourth-order valence-electron chi connectivity index (χ4n) is 1.49. The topological polar surface area (TPSA) is 0 Å². The molecule has 0 N–H and O–H groups in total. The van der Waals surface area contributed by atoms with Gasteiger partial charge >= 0.3 is 0 Å². The van der Waals surface area contributed by atoms with E-state index in [-0.39, 0.29) is 5.82 Å². The van der Waals surface area contributed by atoms with Crippen molar-refractivity contribution in [2.75, 3.05) is 0 Å². The standard InChI is InChI=1S/C13H10FI/c1-9-2-7-13(15)12(8-9)10-3-5-11(14)6-4-10/h2-8H,1H3. The third kappa shape index (κ3) is 2.37. The summed E-state index contributed by atoms with van der Waals surface area (Å²) in [4.78, 5) is 0. The van der Waals surface area contributed by atoms with Crippen molar-refractivity contribution in [3.8, 4) is 11.1 Å². The number of aryl methyl sites for hydroxylation is 1. The van der Waals surface area contributed by atoms with E-state index in [9.17, 15) is 4.39 Å². The predicted octanol–water partition coefficient (Wildman–Crippen LogP) is 4.41. The lowest BCUT2D eigenvalue weighted by atomic mass is 10.0. The lowest BCUT2D eigenvalue weighted by Crippen LogP contribution is -1.84. The van der Waals surface area contributed by atoms with Gasteiger partial charge in [-0.3, -0.25) is 0 Å². The Bertz CT molecular complexity index is 474. The van der Waals surface area contributed by atoms with E-state index < -0.39 is 0 Å². The molecule has 0 aliphatic heterocycles. The van der Waals surface area contributed by atoms with Crippen LogP contribution >= 0.6 is 22.6 Å². The van der Waals surface area contributed by atoms with Crippen LogP contribution in [0.25, 0.3) is 11.1 Å². The van der Waals surface area contributed by atoms with E-state index in [0.717, 1.165) is 11.1 Å². The van der Waals surface area contributed by atoms with Crippen LogP contribution in [-0.2, 0) is 0 Å². The van der Waals surface area contributed by atoms with Crippen LogP contribution in [0.2, 0.25) is 0 Å². The molecule has 2 heteroatoms. The van der Waals surface area contributed by atoms with Crippen molar-refractivity contribution < 1.29 is 4.39 Å². The summed E-state index contributed by atoms with van der Waals surface area (Å²) in [5, 5.41) is 0. The number of rotatable bonds is 1. The third-order valence-electron chi connectivity index (χ3n) is 2.28. The van der Waals surface area contributed by atoms with Gasteiger partial charge in [0.2, 0.25) is 0 Å². The van der Waals surface area contributed by atoms with Crippen molar-refractivity contribution in [2.24, 2.45) is 0 Å². The molecule has 0 aliphatic rings. The summed E-state index contributed by atoms with van der Waals surface area (Å²) in [6.45, 7) is 2.06. The van der Waals surface area contributed by atoms with Crippen LogP contribution in [0.5, 0.6) is 0 Å². The monoisotopic (exact) mass is 312 g/mol. The molecule has 0 saturated heterocycles. The minimum Gasteiger partial charge on any atom is -0.207 e. The first-order valence-corrected chi connectivity index (χ1v) is 5.77. The van der Waals surface area contributed by atoms with Gasteiger partial charge in [-0.15, -0.1) is 0 Å². The summed E-state index contributed by atoms with van der Waals surface area (Å²) >= 11 is 2.30. The predicted molar refractivity (Wildman–Crippen MR) is 69.3 cm³/mol. The Labute approximate surface area is 102 Å². The van der Waals surface area contributed by atoms with Crippen LogP contribution in [-0.4, -0.2) is 0 Å². The summed E-state index contributed by atoms with van der Waals surface area (Å²) in [5.41, 5.74) is 3.44. The summed E-state index contributed by atoms with van der Waals surface area (Å²) in [5.74, 6) is -0.193. The third-order valence-corrected chi connectivity index (χ3v) is 3.22. The van der Waals surface area contributed by atoms with Gasteiger partial charge in [0.25, 0.3) is 0 Å². The molecule has 0 saturated carbocycles. The highest BCUT2D eigenvalue weighted by Crippen LogP contribution is 2.26. The molecule has 0 unspecified atom stereocenters. The Morgan fingerprint density at radius 1 is 1.00 bits per heavy atom. The highest BCUT2D eigenvalue weighted by Gasteiger charge is 2.02. The van der Waals surface area contributed by atoms with Crippen molar-refractivity contribution in [2.45, 2.75) is 6.92 Å². The first kappa shape index (κ1) is 10.6. The maximum absolute atomic E-state index is 12.8. The average molecular weight is 312 g/mol. The molecule has 0 fully saturated rings. The summed E-state index contributed by atoms with van der Waals surface area (Å²) in [7, 11) is 0. The van der Waals surface area contributed by atoms with Gasteiger partial charge in [0.05, 0.1) is 0 Å². The molecule has 76 valence electrons. The molecule has 0 aromatic heterocycles. The van der Waals surface area contributed by atoms with Gasteiger partial charge in [-0.25, -0.2) is 4.39 Å². The van der Waals surface area contributed by atoms with E-state index in [4.69, 9.17) is 0 Å². The van der Waals surface area contributed by atoms with Crippen LogP contribution in [0.4, 0.5) is 4.39 Å². The van der Waals surface area contributed by atoms with Crippen LogP contribution in [0.1, 0.15) is 5.56 Å². The largest absolute Gasteiger partial charge is 0.207 e. The van der Waals surface area contributed by atoms with Gasteiger partial charge in [-0.1, -0.05) is 29.8 Å². The second-order valence-electron chi connectivity index (χ2n) is 3.49. The van der Waals surface area contributed by atoms with Gasteiger partial charge in [0, 0.05) is 3.57 Å². The molecular formula is C13H10FI. The van der Waals surface area contributed by atoms with Gasteiger partial charge in [0.15, 0.2) is 0 Å². The number of halogens is 2. The maximum Gasteiger partial charge on any atom is 0.123 e. The zero-order valence-corrected chi connectivity index (χ0v) is 10.5. The maximum atomic E-state index is 12.8. The Morgan fingerprint density at radius 2 is 1.67 bits per heavy atom. The Balaban J connectivity index is 2.53. The zero-order valence-electron chi connectivity index (χ0n) is 8.30. The molecule has 0 atom stereocenters. The second-order valence-corrected chi connectivity index (χ2v) is 4.65. The number of benzene rings is 2. The lowest BCUT2D eigenvalue weighted by Gasteiger charge is -2.05. The normalized spacial score (nSPS) is 10.3. The SMILES string of the molecule is Cc1ccc(I)c(-c2ccc(F)cc2)c1. The molecular weight excluding hydrogens is 302 g/mol. The summed E-state index contributed by atoms with van der Waals surface area (Å²) < 4.78 is 14.0. The number of hydrogen-bond donors (Lipinski definition) is 0. The van der Waals surface area contributed by atoms with E-state index in [2.05, 4.69) is 47.7 Å². The van der Waals surface area contributed by atoms with Crippen molar-refractivity contribution in [1.29, 1.82) is 0 Å². The summed E-state index contributed by atoms with van der Waals surface area (Å²) in [6, 6.07) is 12.9. The highest BCUT2D eigenvalue weighted by atomic mass is 127. The molecule has 2 rings (SSSR count). The summed E-state index contributed by atoms with van der Waals surface area (Å²) in [6.07, 6.45) is 0. The van der Waals surface area contributed by atoms with E-state index in [1.54, 1.807) is 0 Å². The van der Waals surface area contributed by atoms with E-state index >= 15 is 0 Å². The molecule has 15 heavy (non-hydrogen) atoms. The van der Waals surface area contributed by atoms with Gasteiger partial charge in [-0.2, -0.15) is 0 Å². The first-order valence-electron chi connectivity index (χ1n) is 4.69. The molecule has 2 aromatic carbocycles. The van der Waals surface area contributed by atoms with Gasteiger partial charge in [-0.05, 0) is 58.8 Å². The molecule has 0 aliphatic carbocycles. The lowest BCUT2D eigenvalue weighted by molar-refractivity contribution is 0.628. The van der Waals surface area contributed by atoms with Crippen LogP contribution in [0, 0.1) is 16.3 Å². The fourth-order valence-corrected chi connectivity index (χ4v) is 2.14. The average Bonchev–Trinajstić information content (AvgIpc) is 2.23. The first-order chi connectivity index (χ1) is 7.16. The van der Waals surface area contributed by atoms with Crippen LogP contribution in [0.3, 0.4) is 0 Å². The molecule has 0 radical (unpaired) electrons. The quantitative estimate of drug-likeness (QED) is 0.685. The van der Waals surface area contributed by atoms with Crippen molar-refractivity contribution >= 4 is 22.6 Å². The van der Waals surface area contributed by atoms with Crippen LogP contribution in [0.15, 0.2) is 42.5 Å². The molecule has 0 heterocycles. The number of hydrogen-bond acceptors (Lipinski definition) is 0. The van der Waals surface area contributed by atoms with E-state index in [1.165, 1.54) is 21.3 Å². The minimum atomic E-state index is -0.193. The minimum absolute atomic E-state index is 0.193.